The van der Waals surface area contributed by atoms with Crippen LogP contribution in [-0.2, 0) is 4.74 Å². The van der Waals surface area contributed by atoms with Gasteiger partial charge in [-0.15, -0.1) is 0 Å². The summed E-state index contributed by atoms with van der Waals surface area (Å²) in [5, 5.41) is 0. The average Bonchev–Trinajstić information content (AvgIpc) is 2.88. The number of hydrogen-bond acceptors (Lipinski definition) is 1. The van der Waals surface area contributed by atoms with Gasteiger partial charge in [0.2, 0.25) is 0 Å². The molecule has 0 N–H and O–H groups in total. The predicted octanol–water partition coefficient (Wildman–Crippen LogP) is 11.1. The van der Waals surface area contributed by atoms with Crippen molar-refractivity contribution in [3.8, 4) is 11.1 Å². The zero-order chi connectivity index (χ0) is 24.1. The Morgan fingerprint density at radius 2 is 0.912 bits per heavy atom. The minimum Gasteiger partial charge on any atom is -0.374 e. The third-order valence-electron chi connectivity index (χ3n) is 7.10. The van der Waals surface area contributed by atoms with Gasteiger partial charge in [0.25, 0.3) is 0 Å². The van der Waals surface area contributed by atoms with Crippen LogP contribution in [0.5, 0.6) is 0 Å². The fourth-order valence-electron chi connectivity index (χ4n) is 4.76. The van der Waals surface area contributed by atoms with Gasteiger partial charge >= 0.3 is 0 Å². The summed E-state index contributed by atoms with van der Waals surface area (Å²) >= 11 is 0. The lowest BCUT2D eigenvalue weighted by Gasteiger charge is -2.14. The number of benzene rings is 2. The van der Waals surface area contributed by atoms with Crippen molar-refractivity contribution < 1.29 is 4.74 Å². The molecule has 0 aromatic heterocycles. The van der Waals surface area contributed by atoms with Crippen LogP contribution in [0.15, 0.2) is 54.6 Å². The summed E-state index contributed by atoms with van der Waals surface area (Å²) in [5.74, 6) is 0. The molecular formula is C33H52O. The fraction of sp³-hybridized carbons (Fsp3) is 0.636. The highest BCUT2D eigenvalue weighted by Crippen LogP contribution is 2.23. The molecule has 0 spiro atoms. The molecule has 0 aliphatic carbocycles. The summed E-state index contributed by atoms with van der Waals surface area (Å²) in [6.45, 7) is 5.34. The monoisotopic (exact) mass is 464 g/mol. The Labute approximate surface area is 211 Å². The summed E-state index contributed by atoms with van der Waals surface area (Å²) in [6.07, 6.45) is 24.2. The Kier molecular flexibility index (Phi) is 16.6. The van der Waals surface area contributed by atoms with E-state index in [-0.39, 0.29) is 6.10 Å². The van der Waals surface area contributed by atoms with Crippen LogP contribution in [0.25, 0.3) is 11.1 Å². The summed E-state index contributed by atoms with van der Waals surface area (Å²) in [4.78, 5) is 0. The molecule has 0 heterocycles. The maximum atomic E-state index is 6.10. The molecule has 2 aromatic rings. The first kappa shape index (κ1) is 28.6. The van der Waals surface area contributed by atoms with Gasteiger partial charge in [0.05, 0.1) is 6.10 Å². The van der Waals surface area contributed by atoms with Crippen molar-refractivity contribution in [2.24, 2.45) is 0 Å². The summed E-state index contributed by atoms with van der Waals surface area (Å²) < 4.78 is 6.10. The van der Waals surface area contributed by atoms with E-state index in [0.717, 1.165) is 6.61 Å². The molecule has 0 aliphatic rings. The van der Waals surface area contributed by atoms with Crippen molar-refractivity contribution in [2.45, 2.75) is 129 Å². The minimum atomic E-state index is 0.172. The van der Waals surface area contributed by atoms with Gasteiger partial charge in [-0.05, 0) is 30.0 Å². The molecule has 0 saturated heterocycles. The van der Waals surface area contributed by atoms with Gasteiger partial charge < -0.3 is 4.74 Å². The third-order valence-corrected chi connectivity index (χ3v) is 7.10. The molecule has 2 rings (SSSR count). The smallest absolute Gasteiger partial charge is 0.0796 e. The van der Waals surface area contributed by atoms with Gasteiger partial charge in [-0.25, -0.2) is 0 Å². The lowest BCUT2D eigenvalue weighted by Crippen LogP contribution is -2.01. The molecule has 0 bridgehead atoms. The Hall–Kier alpha value is -1.60. The van der Waals surface area contributed by atoms with Gasteiger partial charge in [0.1, 0.15) is 0 Å². The Morgan fingerprint density at radius 3 is 1.38 bits per heavy atom. The van der Waals surface area contributed by atoms with E-state index in [0.29, 0.717) is 0 Å². The van der Waals surface area contributed by atoms with E-state index in [1.54, 1.807) is 0 Å². The Balaban J connectivity index is 1.36. The molecule has 0 fully saturated rings. The number of unbranched alkanes of at least 4 members (excludes halogenated alkanes) is 16. The molecule has 190 valence electrons. The van der Waals surface area contributed by atoms with Crippen LogP contribution in [0.2, 0.25) is 0 Å². The zero-order valence-electron chi connectivity index (χ0n) is 22.4. The first-order valence-electron chi connectivity index (χ1n) is 14.6. The molecule has 2 aromatic carbocycles. The molecule has 0 saturated carbocycles. The van der Waals surface area contributed by atoms with Crippen molar-refractivity contribution in [3.63, 3.8) is 0 Å². The Morgan fingerprint density at radius 1 is 0.500 bits per heavy atom. The molecule has 1 unspecified atom stereocenters. The molecule has 0 radical (unpaired) electrons. The van der Waals surface area contributed by atoms with Crippen molar-refractivity contribution in [1.82, 2.24) is 0 Å². The lowest BCUT2D eigenvalue weighted by atomic mass is 10.0. The van der Waals surface area contributed by atoms with Crippen LogP contribution < -0.4 is 0 Å². The standard InChI is InChI=1S/C33H52O/c1-3-4-5-6-7-8-9-10-11-12-13-14-15-16-17-18-22-29-34-30(2)31-25-27-33(28-26-31)32-23-20-19-21-24-32/h19-21,23-28,30H,3-18,22,29H2,1-2H3. The van der Waals surface area contributed by atoms with E-state index in [4.69, 9.17) is 4.74 Å². The first-order chi connectivity index (χ1) is 16.8. The second-order valence-electron chi connectivity index (χ2n) is 10.2. The van der Waals surface area contributed by atoms with Crippen molar-refractivity contribution >= 4 is 0 Å². The van der Waals surface area contributed by atoms with Crippen molar-refractivity contribution in [2.75, 3.05) is 6.61 Å². The molecule has 0 aliphatic heterocycles. The van der Waals surface area contributed by atoms with E-state index in [1.165, 1.54) is 126 Å². The number of hydrogen-bond donors (Lipinski definition) is 0. The van der Waals surface area contributed by atoms with Gasteiger partial charge in [0.15, 0.2) is 0 Å². The van der Waals surface area contributed by atoms with Gasteiger partial charge in [-0.2, -0.15) is 0 Å². The van der Waals surface area contributed by atoms with Crippen LogP contribution in [0.3, 0.4) is 0 Å². The largest absolute Gasteiger partial charge is 0.374 e. The van der Waals surface area contributed by atoms with Gasteiger partial charge in [-0.3, -0.25) is 0 Å². The highest BCUT2D eigenvalue weighted by atomic mass is 16.5. The highest BCUT2D eigenvalue weighted by molar-refractivity contribution is 5.63. The number of ether oxygens (including phenoxy) is 1. The summed E-state index contributed by atoms with van der Waals surface area (Å²) in [7, 11) is 0. The maximum absolute atomic E-state index is 6.10. The predicted molar refractivity (Wildman–Crippen MR) is 150 cm³/mol. The molecular weight excluding hydrogens is 412 g/mol. The molecule has 1 atom stereocenters. The van der Waals surface area contributed by atoms with E-state index in [9.17, 15) is 0 Å². The lowest BCUT2D eigenvalue weighted by molar-refractivity contribution is 0.0627. The summed E-state index contributed by atoms with van der Waals surface area (Å²) in [6, 6.07) is 19.4. The second-order valence-corrected chi connectivity index (χ2v) is 10.2. The van der Waals surface area contributed by atoms with E-state index in [2.05, 4.69) is 68.4 Å². The molecule has 1 nitrogen and oxygen atoms in total. The van der Waals surface area contributed by atoms with E-state index in [1.807, 2.05) is 0 Å². The maximum Gasteiger partial charge on any atom is 0.0796 e. The second kappa shape index (κ2) is 19.7. The Bertz CT molecular complexity index is 690. The minimum absolute atomic E-state index is 0.172. The third kappa shape index (κ3) is 13.3. The van der Waals surface area contributed by atoms with E-state index >= 15 is 0 Å². The highest BCUT2D eigenvalue weighted by Gasteiger charge is 2.06. The van der Waals surface area contributed by atoms with E-state index < -0.39 is 0 Å². The molecule has 1 heteroatoms. The fourth-order valence-corrected chi connectivity index (χ4v) is 4.76. The molecule has 0 amide bonds. The molecule has 34 heavy (non-hydrogen) atoms. The van der Waals surface area contributed by atoms with Gasteiger partial charge in [0, 0.05) is 6.61 Å². The van der Waals surface area contributed by atoms with Gasteiger partial charge in [-0.1, -0.05) is 164 Å². The first-order valence-corrected chi connectivity index (χ1v) is 14.6. The summed E-state index contributed by atoms with van der Waals surface area (Å²) in [5.41, 5.74) is 3.81. The SMILES string of the molecule is CCCCCCCCCCCCCCCCCCCOC(C)c1ccc(-c2ccccc2)cc1. The van der Waals surface area contributed by atoms with Crippen LogP contribution in [-0.4, -0.2) is 6.61 Å². The van der Waals surface area contributed by atoms with Crippen LogP contribution in [0.4, 0.5) is 0 Å². The van der Waals surface area contributed by atoms with Crippen LogP contribution >= 0.6 is 0 Å². The zero-order valence-corrected chi connectivity index (χ0v) is 22.4. The topological polar surface area (TPSA) is 9.23 Å². The van der Waals surface area contributed by atoms with Crippen molar-refractivity contribution in [3.05, 3.63) is 60.2 Å². The average molecular weight is 465 g/mol. The normalized spacial score (nSPS) is 12.2. The number of rotatable bonds is 21. The van der Waals surface area contributed by atoms with Crippen LogP contribution in [0.1, 0.15) is 135 Å². The van der Waals surface area contributed by atoms with Crippen LogP contribution in [0, 0.1) is 0 Å². The quantitative estimate of drug-likeness (QED) is 0.167. The van der Waals surface area contributed by atoms with Crippen molar-refractivity contribution in [1.29, 1.82) is 0 Å².